The second-order valence-corrected chi connectivity index (χ2v) is 9.92. The Labute approximate surface area is 181 Å². The van der Waals surface area contributed by atoms with Gasteiger partial charge < -0.3 is 5.11 Å². The van der Waals surface area contributed by atoms with Gasteiger partial charge in [-0.25, -0.2) is 9.98 Å². The van der Waals surface area contributed by atoms with Gasteiger partial charge in [-0.3, -0.25) is 9.63 Å². The molecule has 1 aromatic carbocycles. The lowest BCUT2D eigenvalue weighted by Crippen LogP contribution is -2.32. The first kappa shape index (κ1) is 21.5. The van der Waals surface area contributed by atoms with Crippen LogP contribution in [0.2, 0.25) is 0 Å². The van der Waals surface area contributed by atoms with E-state index in [4.69, 9.17) is 9.82 Å². The summed E-state index contributed by atoms with van der Waals surface area (Å²) >= 11 is 4.65. The molecule has 0 aliphatic rings. The first-order valence-corrected chi connectivity index (χ1v) is 11.6. The molecule has 0 bridgehead atoms. The monoisotopic (exact) mass is 447 g/mol. The Bertz CT molecular complexity index is 1020. The molecular formula is C20H21N3O3S3. The fourth-order valence-corrected chi connectivity index (χ4v) is 5.11. The second-order valence-electron chi connectivity index (χ2n) is 6.96. The van der Waals surface area contributed by atoms with Gasteiger partial charge in [0.1, 0.15) is 22.1 Å². The van der Waals surface area contributed by atoms with Gasteiger partial charge >= 0.3 is 0 Å². The van der Waals surface area contributed by atoms with E-state index in [0.29, 0.717) is 12.0 Å². The molecule has 0 aliphatic carbocycles. The molecule has 0 unspecified atom stereocenters. The van der Waals surface area contributed by atoms with Crippen LogP contribution in [-0.2, 0) is 9.63 Å². The fourth-order valence-electron chi connectivity index (χ4n) is 2.44. The number of phenolic OH excluding ortho intramolecular Hbond substituents is 1. The lowest BCUT2D eigenvalue weighted by molar-refractivity contribution is -0.181. The van der Waals surface area contributed by atoms with Crippen LogP contribution < -0.4 is 0 Å². The Kier molecular flexibility index (Phi) is 6.74. The average molecular weight is 448 g/mol. The van der Waals surface area contributed by atoms with Gasteiger partial charge in [0.05, 0.1) is 15.5 Å². The third-order valence-corrected chi connectivity index (χ3v) is 6.62. The molecule has 0 atom stereocenters. The minimum atomic E-state index is -0.502. The number of hydrogen-bond acceptors (Lipinski definition) is 8. The van der Waals surface area contributed by atoms with E-state index in [1.807, 2.05) is 50.6 Å². The smallest absolute Gasteiger partial charge is 0.239 e. The SMILES string of the molecule is CSc1sc(N=CN(C=O)OC(C)(C)C)cc1-c1nc(-c2ccccc2O)cs1. The van der Waals surface area contributed by atoms with Crippen molar-refractivity contribution in [3.05, 3.63) is 35.7 Å². The summed E-state index contributed by atoms with van der Waals surface area (Å²) in [6.07, 6.45) is 3.95. The van der Waals surface area contributed by atoms with Crippen LogP contribution in [0.15, 0.2) is 44.9 Å². The first-order chi connectivity index (χ1) is 13.8. The van der Waals surface area contributed by atoms with Crippen LogP contribution in [0.5, 0.6) is 5.75 Å². The minimum absolute atomic E-state index is 0.206. The van der Waals surface area contributed by atoms with Crippen molar-refractivity contribution in [2.75, 3.05) is 6.26 Å². The number of carbonyl (C=O) groups is 1. The highest BCUT2D eigenvalue weighted by atomic mass is 32.2. The zero-order valence-electron chi connectivity index (χ0n) is 16.4. The predicted molar refractivity (Wildman–Crippen MR) is 121 cm³/mol. The molecule has 3 aromatic rings. The number of para-hydroxylation sites is 1. The third-order valence-electron chi connectivity index (χ3n) is 3.57. The van der Waals surface area contributed by atoms with Crippen LogP contribution in [0.1, 0.15) is 20.8 Å². The van der Waals surface area contributed by atoms with E-state index in [0.717, 1.165) is 30.5 Å². The molecule has 29 heavy (non-hydrogen) atoms. The van der Waals surface area contributed by atoms with Crippen LogP contribution in [0, 0.1) is 0 Å². The van der Waals surface area contributed by atoms with E-state index < -0.39 is 5.60 Å². The van der Waals surface area contributed by atoms with Crippen LogP contribution in [-0.4, -0.2) is 39.8 Å². The lowest BCUT2D eigenvalue weighted by atomic mass is 10.1. The molecule has 0 saturated heterocycles. The highest BCUT2D eigenvalue weighted by molar-refractivity contribution is 8.00. The van der Waals surface area contributed by atoms with E-state index in [1.54, 1.807) is 23.9 Å². The molecule has 0 aliphatic heterocycles. The molecule has 6 nitrogen and oxygen atoms in total. The number of carbonyl (C=O) groups excluding carboxylic acids is 1. The standard InChI is InChI=1S/C20H21N3O3S3/c1-20(2,3)26-23(12-24)11-21-17-9-14(19(27-4)29-17)18-22-15(10-28-18)13-7-5-6-8-16(13)25/h5-12,25H,1-4H3. The largest absolute Gasteiger partial charge is 0.507 e. The zero-order valence-corrected chi connectivity index (χ0v) is 18.9. The highest BCUT2D eigenvalue weighted by Gasteiger charge is 2.17. The number of thiophene rings is 1. The predicted octanol–water partition coefficient (Wildman–Crippen LogP) is 5.81. The molecule has 0 radical (unpaired) electrons. The average Bonchev–Trinajstić information content (AvgIpc) is 3.31. The van der Waals surface area contributed by atoms with Crippen molar-refractivity contribution in [3.63, 3.8) is 0 Å². The van der Waals surface area contributed by atoms with Gasteiger partial charge in [0.2, 0.25) is 6.41 Å². The molecule has 0 spiro atoms. The normalized spacial score (nSPS) is 11.9. The van der Waals surface area contributed by atoms with Gasteiger partial charge in [0.25, 0.3) is 0 Å². The number of nitrogens with zero attached hydrogens (tertiary/aromatic N) is 3. The van der Waals surface area contributed by atoms with Gasteiger partial charge in [-0.15, -0.1) is 34.4 Å². The fraction of sp³-hybridized carbons (Fsp3) is 0.250. The van der Waals surface area contributed by atoms with Gasteiger partial charge in [-0.2, -0.15) is 5.06 Å². The Morgan fingerprint density at radius 3 is 2.69 bits per heavy atom. The molecule has 0 fully saturated rings. The Morgan fingerprint density at radius 1 is 1.28 bits per heavy atom. The van der Waals surface area contributed by atoms with Gasteiger partial charge in [-0.05, 0) is 45.2 Å². The van der Waals surface area contributed by atoms with Gasteiger partial charge in [0.15, 0.2) is 0 Å². The molecule has 0 saturated carbocycles. The van der Waals surface area contributed by atoms with Crippen LogP contribution in [0.4, 0.5) is 5.00 Å². The summed E-state index contributed by atoms with van der Waals surface area (Å²) in [5.41, 5.74) is 1.92. The maximum absolute atomic E-state index is 11.2. The van der Waals surface area contributed by atoms with E-state index in [2.05, 4.69) is 4.99 Å². The number of amides is 1. The number of aromatic hydroxyl groups is 1. The number of rotatable bonds is 7. The van der Waals surface area contributed by atoms with Crippen LogP contribution in [0.3, 0.4) is 0 Å². The summed E-state index contributed by atoms with van der Waals surface area (Å²) in [4.78, 5) is 25.8. The summed E-state index contributed by atoms with van der Waals surface area (Å²) in [5, 5.41) is 14.7. The molecule has 1 amide bonds. The number of aliphatic imine (C=N–C) groups is 1. The van der Waals surface area contributed by atoms with Crippen LogP contribution in [0.25, 0.3) is 21.8 Å². The van der Waals surface area contributed by atoms with Crippen molar-refractivity contribution in [2.45, 2.75) is 30.6 Å². The molecule has 2 aromatic heterocycles. The number of benzene rings is 1. The molecule has 1 N–H and O–H groups in total. The minimum Gasteiger partial charge on any atom is -0.507 e. The maximum Gasteiger partial charge on any atom is 0.239 e. The molecule has 3 rings (SSSR count). The lowest BCUT2D eigenvalue weighted by Gasteiger charge is -2.23. The van der Waals surface area contributed by atoms with Crippen molar-refractivity contribution in [3.8, 4) is 27.6 Å². The summed E-state index contributed by atoms with van der Waals surface area (Å²) in [5.74, 6) is 0.206. The quantitative estimate of drug-likeness (QED) is 0.162. The Morgan fingerprint density at radius 2 is 2.03 bits per heavy atom. The van der Waals surface area contributed by atoms with Crippen molar-refractivity contribution in [1.29, 1.82) is 0 Å². The number of hydrogen-bond donors (Lipinski definition) is 1. The molecule has 9 heteroatoms. The van der Waals surface area contributed by atoms with Crippen molar-refractivity contribution in [1.82, 2.24) is 10.0 Å². The summed E-state index contributed by atoms with van der Waals surface area (Å²) < 4.78 is 1.07. The third kappa shape index (κ3) is 5.45. The number of thiazole rings is 1. The number of thioether (sulfide) groups is 1. The van der Waals surface area contributed by atoms with Crippen molar-refractivity contribution in [2.24, 2.45) is 4.99 Å². The molecule has 2 heterocycles. The van der Waals surface area contributed by atoms with Crippen molar-refractivity contribution >= 4 is 52.2 Å². The molecular weight excluding hydrogens is 426 g/mol. The van der Waals surface area contributed by atoms with Crippen LogP contribution >= 0.6 is 34.4 Å². The van der Waals surface area contributed by atoms with Gasteiger partial charge in [-0.1, -0.05) is 12.1 Å². The number of aromatic nitrogens is 1. The van der Waals surface area contributed by atoms with E-state index >= 15 is 0 Å². The van der Waals surface area contributed by atoms with Gasteiger partial charge in [0, 0.05) is 16.5 Å². The summed E-state index contributed by atoms with van der Waals surface area (Å²) in [6.45, 7) is 5.57. The first-order valence-electron chi connectivity index (χ1n) is 8.70. The van der Waals surface area contributed by atoms with E-state index in [1.165, 1.54) is 29.0 Å². The summed E-state index contributed by atoms with van der Waals surface area (Å²) in [7, 11) is 0. The van der Waals surface area contributed by atoms with E-state index in [-0.39, 0.29) is 5.75 Å². The van der Waals surface area contributed by atoms with Crippen molar-refractivity contribution < 1.29 is 14.7 Å². The topological polar surface area (TPSA) is 75.0 Å². The maximum atomic E-state index is 11.2. The summed E-state index contributed by atoms with van der Waals surface area (Å²) in [6, 6.07) is 9.10. The number of phenols is 1. The highest BCUT2D eigenvalue weighted by Crippen LogP contribution is 2.43. The zero-order chi connectivity index (χ0) is 21.0. The Hall–Kier alpha value is -2.20. The second kappa shape index (κ2) is 9.08. The number of hydroxylamine groups is 2. The Balaban J connectivity index is 1.87. The molecule has 152 valence electrons. The van der Waals surface area contributed by atoms with E-state index in [9.17, 15) is 9.90 Å².